The van der Waals surface area contributed by atoms with Crippen LogP contribution in [0.1, 0.15) is 26.7 Å². The second-order valence-electron chi connectivity index (χ2n) is 3.81. The summed E-state index contributed by atoms with van der Waals surface area (Å²) in [6, 6.07) is 0. The van der Waals surface area contributed by atoms with Crippen LogP contribution in [0.3, 0.4) is 0 Å². The molecule has 0 amide bonds. The zero-order valence-electron chi connectivity index (χ0n) is 7.80. The molecule has 0 spiro atoms. The van der Waals surface area contributed by atoms with E-state index >= 15 is 0 Å². The maximum atomic E-state index is 5.26. The zero-order chi connectivity index (χ0) is 9.03. The van der Waals surface area contributed by atoms with Crippen molar-refractivity contribution < 1.29 is 9.57 Å². The van der Waals surface area contributed by atoms with Gasteiger partial charge >= 0.3 is 0 Å². The van der Waals surface area contributed by atoms with Gasteiger partial charge in [-0.25, -0.2) is 5.90 Å². The second kappa shape index (κ2) is 3.92. The van der Waals surface area contributed by atoms with Crippen LogP contribution in [0.5, 0.6) is 0 Å². The predicted molar refractivity (Wildman–Crippen MR) is 47.2 cm³/mol. The van der Waals surface area contributed by atoms with Crippen molar-refractivity contribution in [1.29, 1.82) is 0 Å². The van der Waals surface area contributed by atoms with Crippen molar-refractivity contribution >= 4 is 0 Å². The molecule has 0 saturated heterocycles. The van der Waals surface area contributed by atoms with Gasteiger partial charge in [-0.15, -0.1) is 0 Å². The van der Waals surface area contributed by atoms with E-state index in [4.69, 9.17) is 10.6 Å². The highest BCUT2D eigenvalue weighted by atomic mass is 16.6. The molecule has 0 radical (unpaired) electrons. The Morgan fingerprint density at radius 3 is 2.92 bits per heavy atom. The third-order valence-electron chi connectivity index (χ3n) is 2.25. The van der Waals surface area contributed by atoms with Crippen LogP contribution in [-0.4, -0.2) is 13.2 Å². The molecule has 0 aliphatic carbocycles. The lowest BCUT2D eigenvalue weighted by Gasteiger charge is -2.28. The molecule has 0 fully saturated rings. The minimum atomic E-state index is 0.00910. The molecule has 0 atom stereocenters. The van der Waals surface area contributed by atoms with Gasteiger partial charge in [0.05, 0.1) is 19.5 Å². The second-order valence-corrected chi connectivity index (χ2v) is 3.81. The van der Waals surface area contributed by atoms with E-state index in [1.807, 2.05) is 6.26 Å². The smallest absolute Gasteiger partial charge is 0.0876 e. The van der Waals surface area contributed by atoms with Crippen LogP contribution in [0.25, 0.3) is 0 Å². The van der Waals surface area contributed by atoms with E-state index in [0.717, 1.165) is 19.4 Å². The molecule has 0 aromatic rings. The number of nitrogens with two attached hydrogens (primary N) is 1. The van der Waals surface area contributed by atoms with Gasteiger partial charge in [-0.1, -0.05) is 13.8 Å². The van der Waals surface area contributed by atoms with Gasteiger partial charge in [0.2, 0.25) is 0 Å². The average molecular weight is 171 g/mol. The summed E-state index contributed by atoms with van der Waals surface area (Å²) < 4.78 is 5.26. The normalized spacial score (nSPS) is 18.4. The minimum absolute atomic E-state index is 0.00910. The maximum absolute atomic E-state index is 5.26. The third-order valence-corrected chi connectivity index (χ3v) is 2.25. The molecule has 0 bridgehead atoms. The molecule has 1 aliphatic rings. The molecule has 0 aromatic heterocycles. The van der Waals surface area contributed by atoms with Crippen LogP contribution in [0.2, 0.25) is 0 Å². The summed E-state index contributed by atoms with van der Waals surface area (Å²) in [6.07, 6.45) is 4.04. The molecule has 2 N–H and O–H groups in total. The largest absolute Gasteiger partial charge is 0.501 e. The fourth-order valence-electron chi connectivity index (χ4n) is 1.36. The molecule has 12 heavy (non-hydrogen) atoms. The highest BCUT2D eigenvalue weighted by molar-refractivity contribution is 5.11. The highest BCUT2D eigenvalue weighted by Crippen LogP contribution is 2.31. The summed E-state index contributed by atoms with van der Waals surface area (Å²) in [4.78, 5) is 4.66. The van der Waals surface area contributed by atoms with E-state index in [9.17, 15) is 0 Å². The lowest BCUT2D eigenvalue weighted by Crippen LogP contribution is -2.25. The first-order valence-electron chi connectivity index (χ1n) is 4.29. The van der Waals surface area contributed by atoms with Crippen molar-refractivity contribution in [2.75, 3.05) is 13.2 Å². The van der Waals surface area contributed by atoms with Crippen LogP contribution in [0.15, 0.2) is 11.8 Å². The SMILES string of the molecule is CC(C)(CON)C1=COCCC1. The Morgan fingerprint density at radius 2 is 2.42 bits per heavy atom. The van der Waals surface area contributed by atoms with Crippen LogP contribution in [0, 0.1) is 5.41 Å². The van der Waals surface area contributed by atoms with Crippen LogP contribution < -0.4 is 5.90 Å². The molecular formula is C9H17NO2. The van der Waals surface area contributed by atoms with Gasteiger partial charge in [-0.05, 0) is 18.4 Å². The lowest BCUT2D eigenvalue weighted by molar-refractivity contribution is 0.0724. The predicted octanol–water partition coefficient (Wildman–Crippen LogP) is 1.60. The Hall–Kier alpha value is -0.540. The quantitative estimate of drug-likeness (QED) is 0.656. The average Bonchev–Trinajstić information content (AvgIpc) is 2.06. The fraction of sp³-hybridized carbons (Fsp3) is 0.778. The first kappa shape index (κ1) is 9.55. The molecule has 1 rings (SSSR count). The summed E-state index contributed by atoms with van der Waals surface area (Å²) in [5.41, 5.74) is 1.30. The standard InChI is InChI=1S/C9H17NO2/c1-9(2,7-12-10)8-4-3-5-11-6-8/h6H,3-5,7,10H2,1-2H3. The van der Waals surface area contributed by atoms with E-state index in [-0.39, 0.29) is 5.41 Å². The Morgan fingerprint density at radius 1 is 1.67 bits per heavy atom. The van der Waals surface area contributed by atoms with E-state index in [1.165, 1.54) is 5.57 Å². The van der Waals surface area contributed by atoms with Gasteiger partial charge in [0.1, 0.15) is 0 Å². The summed E-state index contributed by atoms with van der Waals surface area (Å²) >= 11 is 0. The number of ether oxygens (including phenoxy) is 1. The Balaban J connectivity index is 2.59. The first-order chi connectivity index (χ1) is 5.67. The molecular weight excluding hydrogens is 154 g/mol. The van der Waals surface area contributed by atoms with Crippen LogP contribution >= 0.6 is 0 Å². The first-order valence-corrected chi connectivity index (χ1v) is 4.29. The zero-order valence-corrected chi connectivity index (χ0v) is 7.80. The van der Waals surface area contributed by atoms with Gasteiger partial charge < -0.3 is 9.57 Å². The van der Waals surface area contributed by atoms with Crippen molar-refractivity contribution in [2.45, 2.75) is 26.7 Å². The molecule has 0 aromatic carbocycles. The van der Waals surface area contributed by atoms with Gasteiger partial charge in [0.25, 0.3) is 0 Å². The van der Waals surface area contributed by atoms with E-state index in [1.54, 1.807) is 0 Å². The number of hydrogen-bond acceptors (Lipinski definition) is 3. The van der Waals surface area contributed by atoms with E-state index in [0.29, 0.717) is 6.61 Å². The van der Waals surface area contributed by atoms with Gasteiger partial charge in [-0.2, -0.15) is 0 Å². The van der Waals surface area contributed by atoms with Crippen molar-refractivity contribution in [2.24, 2.45) is 11.3 Å². The van der Waals surface area contributed by atoms with Crippen molar-refractivity contribution in [3.05, 3.63) is 11.8 Å². The van der Waals surface area contributed by atoms with E-state index < -0.39 is 0 Å². The maximum Gasteiger partial charge on any atom is 0.0876 e. The fourth-order valence-corrected chi connectivity index (χ4v) is 1.36. The summed E-state index contributed by atoms with van der Waals surface area (Å²) in [6.45, 7) is 5.60. The van der Waals surface area contributed by atoms with Crippen LogP contribution in [0.4, 0.5) is 0 Å². The molecule has 0 unspecified atom stereocenters. The highest BCUT2D eigenvalue weighted by Gasteiger charge is 2.25. The molecule has 3 heteroatoms. The Bertz CT molecular complexity index is 175. The summed E-state index contributed by atoms with van der Waals surface area (Å²) in [5, 5.41) is 0. The monoisotopic (exact) mass is 171 g/mol. The molecule has 0 saturated carbocycles. The van der Waals surface area contributed by atoms with Crippen molar-refractivity contribution in [3.63, 3.8) is 0 Å². The molecule has 1 heterocycles. The summed E-state index contributed by atoms with van der Waals surface area (Å²) in [7, 11) is 0. The number of rotatable bonds is 3. The Labute approximate surface area is 73.5 Å². The van der Waals surface area contributed by atoms with Gasteiger partial charge in [0, 0.05) is 5.41 Å². The van der Waals surface area contributed by atoms with Gasteiger partial charge in [-0.3, -0.25) is 0 Å². The van der Waals surface area contributed by atoms with Crippen molar-refractivity contribution in [3.8, 4) is 0 Å². The van der Waals surface area contributed by atoms with Gasteiger partial charge in [0.15, 0.2) is 0 Å². The molecule has 3 nitrogen and oxygen atoms in total. The van der Waals surface area contributed by atoms with Crippen LogP contribution in [-0.2, 0) is 9.57 Å². The van der Waals surface area contributed by atoms with Crippen molar-refractivity contribution in [1.82, 2.24) is 0 Å². The Kier molecular flexibility index (Phi) is 3.12. The minimum Gasteiger partial charge on any atom is -0.501 e. The lowest BCUT2D eigenvalue weighted by atomic mass is 9.83. The molecule has 1 aliphatic heterocycles. The topological polar surface area (TPSA) is 44.5 Å². The third kappa shape index (κ3) is 2.22. The number of hydrogen-bond donors (Lipinski definition) is 1. The van der Waals surface area contributed by atoms with E-state index in [2.05, 4.69) is 18.7 Å². The molecule has 70 valence electrons. The summed E-state index contributed by atoms with van der Waals surface area (Å²) in [5.74, 6) is 5.05.